The Morgan fingerprint density at radius 1 is 1.03 bits per heavy atom. The number of carbonyl (C=O) groups is 1. The number of amides is 1. The molecule has 0 radical (unpaired) electrons. The lowest BCUT2D eigenvalue weighted by atomic mass is 10.2. The molecule has 3 aromatic heterocycles. The summed E-state index contributed by atoms with van der Waals surface area (Å²) in [4.78, 5) is 33.2. The molecule has 4 heterocycles. The number of benzene rings is 2. The maximum absolute atomic E-state index is 13.0. The molecular formula is C24H19N7O4. The van der Waals surface area contributed by atoms with Crippen molar-refractivity contribution in [3.8, 4) is 23.1 Å². The first-order valence-corrected chi connectivity index (χ1v) is 10.8. The number of ether oxygens (including phenoxy) is 2. The molecule has 0 saturated heterocycles. The number of hydrogen-bond donors (Lipinski definition) is 2. The van der Waals surface area contributed by atoms with Gasteiger partial charge in [0.15, 0.2) is 17.1 Å². The molecule has 0 saturated carbocycles. The number of anilines is 1. The number of nitrogens with zero attached hydrogens (tertiary/aromatic N) is 5. The average Bonchev–Trinajstić information content (AvgIpc) is 3.57. The normalized spacial score (nSPS) is 12.3. The molecule has 174 valence electrons. The van der Waals surface area contributed by atoms with Crippen LogP contribution in [0.15, 0.2) is 59.5 Å². The summed E-state index contributed by atoms with van der Waals surface area (Å²) in [6.45, 7) is 3.89. The van der Waals surface area contributed by atoms with Crippen LogP contribution in [0.4, 0.5) is 5.82 Å². The fraction of sp³-hybridized carbons (Fsp3) is 0.125. The van der Waals surface area contributed by atoms with E-state index in [0.717, 1.165) is 11.3 Å². The molecule has 0 spiro atoms. The van der Waals surface area contributed by atoms with Crippen LogP contribution in [-0.2, 0) is 0 Å². The largest absolute Gasteiger partial charge is 0.454 e. The Balaban J connectivity index is 1.39. The molecule has 11 heteroatoms. The van der Waals surface area contributed by atoms with Crippen LogP contribution >= 0.6 is 0 Å². The summed E-state index contributed by atoms with van der Waals surface area (Å²) in [6.07, 6.45) is 1.47. The summed E-state index contributed by atoms with van der Waals surface area (Å²) in [6, 6.07) is 14.3. The zero-order valence-electron chi connectivity index (χ0n) is 18.8. The Labute approximate surface area is 197 Å². The molecule has 2 aromatic carbocycles. The molecule has 0 bridgehead atoms. The second kappa shape index (κ2) is 7.83. The lowest BCUT2D eigenvalue weighted by molar-refractivity contribution is 0.102. The number of aryl methyl sites for hydroxylation is 2. The minimum atomic E-state index is -0.377. The van der Waals surface area contributed by atoms with Gasteiger partial charge in [-0.2, -0.15) is 19.9 Å². The third kappa shape index (κ3) is 3.59. The third-order valence-electron chi connectivity index (χ3n) is 5.61. The van der Waals surface area contributed by atoms with Crippen molar-refractivity contribution in [2.45, 2.75) is 13.8 Å². The first-order chi connectivity index (χ1) is 17.0. The third-order valence-corrected chi connectivity index (χ3v) is 5.61. The van der Waals surface area contributed by atoms with Crippen LogP contribution in [-0.4, -0.2) is 42.2 Å². The van der Waals surface area contributed by atoms with Crippen molar-refractivity contribution >= 4 is 22.8 Å². The Kier molecular flexibility index (Phi) is 4.62. The summed E-state index contributed by atoms with van der Waals surface area (Å²) in [5, 5.41) is 11.9. The minimum absolute atomic E-state index is 0.118. The van der Waals surface area contributed by atoms with E-state index in [9.17, 15) is 9.59 Å². The molecule has 1 aliphatic rings. The monoisotopic (exact) mass is 469 g/mol. The number of aromatic amines is 1. The van der Waals surface area contributed by atoms with Crippen LogP contribution < -0.4 is 20.3 Å². The molecule has 0 atom stereocenters. The highest BCUT2D eigenvalue weighted by molar-refractivity contribution is 6.04. The molecular weight excluding hydrogens is 450 g/mol. The molecule has 6 rings (SSSR count). The minimum Gasteiger partial charge on any atom is -0.454 e. The van der Waals surface area contributed by atoms with E-state index in [1.807, 2.05) is 31.2 Å². The first-order valence-electron chi connectivity index (χ1n) is 10.8. The Hall–Kier alpha value is -4.93. The van der Waals surface area contributed by atoms with Gasteiger partial charge in [0.25, 0.3) is 11.5 Å². The quantitative estimate of drug-likeness (QED) is 0.414. The number of rotatable bonds is 4. The molecule has 0 fully saturated rings. The lowest BCUT2D eigenvalue weighted by Gasteiger charge is -2.09. The van der Waals surface area contributed by atoms with E-state index in [4.69, 9.17) is 9.47 Å². The Bertz CT molecular complexity index is 1660. The summed E-state index contributed by atoms with van der Waals surface area (Å²) in [5.74, 6) is 1.20. The number of carbonyl (C=O) groups excluding carboxylic acids is 1. The van der Waals surface area contributed by atoms with Crippen LogP contribution in [0.5, 0.6) is 11.5 Å². The maximum atomic E-state index is 13.0. The topological polar surface area (TPSA) is 129 Å². The fourth-order valence-corrected chi connectivity index (χ4v) is 3.86. The number of H-pyrrole nitrogens is 1. The summed E-state index contributed by atoms with van der Waals surface area (Å²) < 4.78 is 13.6. The molecule has 2 N–H and O–H groups in total. The van der Waals surface area contributed by atoms with E-state index in [1.54, 1.807) is 35.9 Å². The summed E-state index contributed by atoms with van der Waals surface area (Å²) >= 11 is 0. The van der Waals surface area contributed by atoms with Gasteiger partial charge in [0.1, 0.15) is 11.2 Å². The molecule has 0 unspecified atom stereocenters. The zero-order chi connectivity index (χ0) is 24.1. The van der Waals surface area contributed by atoms with Crippen molar-refractivity contribution in [3.05, 3.63) is 81.9 Å². The van der Waals surface area contributed by atoms with Gasteiger partial charge >= 0.3 is 0 Å². The highest BCUT2D eigenvalue weighted by atomic mass is 16.7. The standard InChI is InChI=1S/C24H19N7O4/c1-13-3-6-16(7-4-13)30-21-17(11-25-30)23(33)28-24(27-21)31-20(9-14(2)29-31)26-22(32)15-5-8-18-19(10-15)35-12-34-18/h3-11H,12H2,1-2H3,(H,26,32)(H,27,28,33). The van der Waals surface area contributed by atoms with E-state index < -0.39 is 0 Å². The van der Waals surface area contributed by atoms with Crippen molar-refractivity contribution in [3.63, 3.8) is 0 Å². The van der Waals surface area contributed by atoms with E-state index in [-0.39, 0.29) is 24.2 Å². The molecule has 35 heavy (non-hydrogen) atoms. The molecule has 1 aliphatic heterocycles. The van der Waals surface area contributed by atoms with Crippen molar-refractivity contribution in [2.75, 3.05) is 12.1 Å². The number of hydrogen-bond acceptors (Lipinski definition) is 7. The van der Waals surface area contributed by atoms with Crippen LogP contribution in [0.25, 0.3) is 22.7 Å². The van der Waals surface area contributed by atoms with Crippen molar-refractivity contribution in [1.82, 2.24) is 29.5 Å². The van der Waals surface area contributed by atoms with E-state index >= 15 is 0 Å². The van der Waals surface area contributed by atoms with E-state index in [2.05, 4.69) is 25.5 Å². The smallest absolute Gasteiger partial charge is 0.263 e. The molecule has 5 aromatic rings. The first kappa shape index (κ1) is 20.7. The van der Waals surface area contributed by atoms with Crippen molar-refractivity contribution in [2.24, 2.45) is 0 Å². The molecule has 1 amide bonds. The average molecular weight is 469 g/mol. The Morgan fingerprint density at radius 3 is 2.66 bits per heavy atom. The van der Waals surface area contributed by atoms with Gasteiger partial charge in [-0.1, -0.05) is 17.7 Å². The second-order valence-electron chi connectivity index (χ2n) is 8.12. The molecule has 0 aliphatic carbocycles. The van der Waals surface area contributed by atoms with Gasteiger partial charge in [0.2, 0.25) is 12.7 Å². The number of nitrogens with one attached hydrogen (secondary N) is 2. The van der Waals surface area contributed by atoms with Crippen LogP contribution in [0.1, 0.15) is 21.6 Å². The van der Waals surface area contributed by atoms with E-state index in [0.29, 0.717) is 39.6 Å². The lowest BCUT2D eigenvalue weighted by Crippen LogP contribution is -2.19. The van der Waals surface area contributed by atoms with Gasteiger partial charge in [-0.3, -0.25) is 14.6 Å². The van der Waals surface area contributed by atoms with Gasteiger partial charge in [0.05, 0.1) is 17.6 Å². The van der Waals surface area contributed by atoms with Crippen molar-refractivity contribution < 1.29 is 14.3 Å². The van der Waals surface area contributed by atoms with Gasteiger partial charge in [0, 0.05) is 11.6 Å². The SMILES string of the molecule is Cc1ccc(-n2ncc3c(=O)[nH]c(-n4nc(C)cc4NC(=O)c4ccc5c(c4)OCO5)nc32)cc1. The highest BCUT2D eigenvalue weighted by Crippen LogP contribution is 2.32. The summed E-state index contributed by atoms with van der Waals surface area (Å²) in [5.41, 5.74) is 2.88. The molecule has 11 nitrogen and oxygen atoms in total. The van der Waals surface area contributed by atoms with Gasteiger partial charge in [-0.15, -0.1) is 0 Å². The fourth-order valence-electron chi connectivity index (χ4n) is 3.86. The number of aromatic nitrogens is 6. The van der Waals surface area contributed by atoms with Gasteiger partial charge < -0.3 is 14.8 Å². The van der Waals surface area contributed by atoms with Crippen molar-refractivity contribution in [1.29, 1.82) is 0 Å². The predicted molar refractivity (Wildman–Crippen MR) is 127 cm³/mol. The highest BCUT2D eigenvalue weighted by Gasteiger charge is 2.20. The number of fused-ring (bicyclic) bond motifs is 2. The second-order valence-corrected chi connectivity index (χ2v) is 8.12. The Morgan fingerprint density at radius 2 is 1.83 bits per heavy atom. The summed E-state index contributed by atoms with van der Waals surface area (Å²) in [7, 11) is 0. The van der Waals surface area contributed by atoms with Crippen LogP contribution in [0, 0.1) is 13.8 Å². The van der Waals surface area contributed by atoms with Crippen LogP contribution in [0.3, 0.4) is 0 Å². The van der Waals surface area contributed by atoms with Gasteiger partial charge in [-0.05, 0) is 44.2 Å². The van der Waals surface area contributed by atoms with Gasteiger partial charge in [-0.25, -0.2) is 4.68 Å². The maximum Gasteiger partial charge on any atom is 0.263 e. The van der Waals surface area contributed by atoms with E-state index in [1.165, 1.54) is 10.9 Å². The predicted octanol–water partition coefficient (Wildman–Crippen LogP) is 2.89. The van der Waals surface area contributed by atoms with Crippen LogP contribution in [0.2, 0.25) is 0 Å². The zero-order valence-corrected chi connectivity index (χ0v) is 18.8.